The SMILES string of the molecule is COc1c(Cl)cc(Cl)cc1NC(=O)c1cccnc1. The van der Waals surface area contributed by atoms with E-state index in [1.54, 1.807) is 30.5 Å². The third-order valence-electron chi connectivity index (χ3n) is 2.38. The van der Waals surface area contributed by atoms with Gasteiger partial charge >= 0.3 is 0 Å². The molecular formula is C13H10Cl2N2O2. The fraction of sp³-hybridized carbons (Fsp3) is 0.0769. The second-order valence-electron chi connectivity index (χ2n) is 3.66. The van der Waals surface area contributed by atoms with Crippen molar-refractivity contribution in [3.05, 3.63) is 52.3 Å². The van der Waals surface area contributed by atoms with Gasteiger partial charge in [0.15, 0.2) is 5.75 Å². The normalized spacial score (nSPS) is 10.1. The smallest absolute Gasteiger partial charge is 0.257 e. The largest absolute Gasteiger partial charge is 0.493 e. The van der Waals surface area contributed by atoms with E-state index in [2.05, 4.69) is 10.3 Å². The van der Waals surface area contributed by atoms with E-state index >= 15 is 0 Å². The number of aromatic nitrogens is 1. The summed E-state index contributed by atoms with van der Waals surface area (Å²) in [5, 5.41) is 3.43. The maximum Gasteiger partial charge on any atom is 0.257 e. The van der Waals surface area contributed by atoms with Crippen LogP contribution >= 0.6 is 23.2 Å². The van der Waals surface area contributed by atoms with Gasteiger partial charge in [0.05, 0.1) is 23.4 Å². The second-order valence-corrected chi connectivity index (χ2v) is 4.51. The van der Waals surface area contributed by atoms with Gasteiger partial charge in [0.25, 0.3) is 5.91 Å². The second kappa shape index (κ2) is 5.91. The van der Waals surface area contributed by atoms with Crippen molar-refractivity contribution in [2.24, 2.45) is 0 Å². The first-order chi connectivity index (χ1) is 9.11. The highest BCUT2D eigenvalue weighted by Gasteiger charge is 2.13. The summed E-state index contributed by atoms with van der Waals surface area (Å²) in [5.74, 6) is 0.0491. The van der Waals surface area contributed by atoms with Crippen LogP contribution in [0.1, 0.15) is 10.4 Å². The summed E-state index contributed by atoms with van der Waals surface area (Å²) in [5.41, 5.74) is 0.842. The quantitative estimate of drug-likeness (QED) is 0.940. The lowest BCUT2D eigenvalue weighted by Gasteiger charge is -2.12. The van der Waals surface area contributed by atoms with E-state index in [4.69, 9.17) is 27.9 Å². The Labute approximate surface area is 120 Å². The van der Waals surface area contributed by atoms with Gasteiger partial charge < -0.3 is 10.1 Å². The number of carbonyl (C=O) groups excluding carboxylic acids is 1. The van der Waals surface area contributed by atoms with Crippen LogP contribution in [0.2, 0.25) is 10.0 Å². The third kappa shape index (κ3) is 3.16. The van der Waals surface area contributed by atoms with Crippen molar-refractivity contribution in [3.8, 4) is 5.75 Å². The Morgan fingerprint density at radius 2 is 2.16 bits per heavy atom. The van der Waals surface area contributed by atoms with Gasteiger partial charge in [-0.2, -0.15) is 0 Å². The van der Waals surface area contributed by atoms with Crippen molar-refractivity contribution in [1.29, 1.82) is 0 Å². The van der Waals surface area contributed by atoms with E-state index < -0.39 is 0 Å². The molecule has 0 saturated heterocycles. The van der Waals surface area contributed by atoms with Crippen LogP contribution in [0.5, 0.6) is 5.75 Å². The highest BCUT2D eigenvalue weighted by molar-refractivity contribution is 6.36. The number of anilines is 1. The Balaban J connectivity index is 2.31. The van der Waals surface area contributed by atoms with Gasteiger partial charge in [0, 0.05) is 17.4 Å². The van der Waals surface area contributed by atoms with E-state index in [9.17, 15) is 4.79 Å². The molecule has 0 unspecified atom stereocenters. The molecule has 98 valence electrons. The number of hydrogen-bond acceptors (Lipinski definition) is 3. The maximum atomic E-state index is 12.0. The number of methoxy groups -OCH3 is 1. The van der Waals surface area contributed by atoms with Gasteiger partial charge in [-0.1, -0.05) is 23.2 Å². The molecule has 1 N–H and O–H groups in total. The first-order valence-electron chi connectivity index (χ1n) is 5.36. The number of nitrogens with one attached hydrogen (secondary N) is 1. The molecule has 0 aliphatic rings. The summed E-state index contributed by atoms with van der Waals surface area (Å²) in [4.78, 5) is 15.9. The average molecular weight is 297 g/mol. The first-order valence-corrected chi connectivity index (χ1v) is 6.12. The third-order valence-corrected chi connectivity index (χ3v) is 2.88. The van der Waals surface area contributed by atoms with Gasteiger partial charge in [0.1, 0.15) is 0 Å². The van der Waals surface area contributed by atoms with E-state index in [-0.39, 0.29) is 5.91 Å². The minimum absolute atomic E-state index is 0.315. The van der Waals surface area contributed by atoms with Crippen LogP contribution in [-0.4, -0.2) is 18.0 Å². The molecule has 1 amide bonds. The Bertz CT molecular complexity index is 603. The van der Waals surface area contributed by atoms with Crippen LogP contribution < -0.4 is 10.1 Å². The standard InChI is InChI=1S/C13H10Cl2N2O2/c1-19-12-10(15)5-9(14)6-11(12)17-13(18)8-3-2-4-16-7-8/h2-7H,1H3,(H,17,18). The van der Waals surface area contributed by atoms with Crippen LogP contribution in [-0.2, 0) is 0 Å². The Morgan fingerprint density at radius 3 is 2.79 bits per heavy atom. The van der Waals surface area contributed by atoms with Crippen molar-refractivity contribution in [3.63, 3.8) is 0 Å². The van der Waals surface area contributed by atoms with Crippen LogP contribution in [0.4, 0.5) is 5.69 Å². The molecule has 0 bridgehead atoms. The molecule has 2 rings (SSSR count). The number of halogens is 2. The van der Waals surface area contributed by atoms with E-state index in [1.807, 2.05) is 0 Å². The summed E-state index contributed by atoms with van der Waals surface area (Å²) >= 11 is 11.9. The number of carbonyl (C=O) groups is 1. The van der Waals surface area contributed by atoms with Gasteiger partial charge in [-0.15, -0.1) is 0 Å². The zero-order valence-electron chi connectivity index (χ0n) is 9.98. The lowest BCUT2D eigenvalue weighted by molar-refractivity contribution is 0.102. The van der Waals surface area contributed by atoms with Crippen molar-refractivity contribution < 1.29 is 9.53 Å². The lowest BCUT2D eigenvalue weighted by atomic mass is 10.2. The van der Waals surface area contributed by atoms with Gasteiger partial charge in [-0.05, 0) is 24.3 Å². The van der Waals surface area contributed by atoms with E-state index in [1.165, 1.54) is 13.3 Å². The summed E-state index contributed by atoms with van der Waals surface area (Å²) in [7, 11) is 1.47. The zero-order chi connectivity index (χ0) is 13.8. The minimum Gasteiger partial charge on any atom is -0.493 e. The first kappa shape index (κ1) is 13.6. The molecule has 19 heavy (non-hydrogen) atoms. The molecular weight excluding hydrogens is 287 g/mol. The molecule has 1 aromatic carbocycles. The minimum atomic E-state index is -0.315. The summed E-state index contributed by atoms with van der Waals surface area (Å²) in [6.45, 7) is 0. The molecule has 0 saturated carbocycles. The van der Waals surface area contributed by atoms with Gasteiger partial charge in [0.2, 0.25) is 0 Å². The van der Waals surface area contributed by atoms with E-state index in [0.717, 1.165) is 0 Å². The molecule has 0 spiro atoms. The number of nitrogens with zero attached hydrogens (tertiary/aromatic N) is 1. The van der Waals surface area contributed by atoms with Crippen LogP contribution in [0.25, 0.3) is 0 Å². The number of benzene rings is 1. The molecule has 0 aliphatic heterocycles. The highest BCUT2D eigenvalue weighted by atomic mass is 35.5. The number of rotatable bonds is 3. The molecule has 1 heterocycles. The van der Waals surface area contributed by atoms with E-state index in [0.29, 0.717) is 27.0 Å². The Kier molecular flexibility index (Phi) is 4.24. The summed E-state index contributed by atoms with van der Waals surface area (Å²) in [6, 6.07) is 6.44. The van der Waals surface area contributed by atoms with Gasteiger partial charge in [-0.3, -0.25) is 9.78 Å². The van der Waals surface area contributed by atoms with Crippen molar-refractivity contribution in [2.45, 2.75) is 0 Å². The predicted molar refractivity (Wildman–Crippen MR) is 75.2 cm³/mol. The topological polar surface area (TPSA) is 51.2 Å². The molecule has 0 aliphatic carbocycles. The van der Waals surface area contributed by atoms with Crippen LogP contribution in [0, 0.1) is 0 Å². The molecule has 0 fully saturated rings. The molecule has 0 radical (unpaired) electrons. The maximum absolute atomic E-state index is 12.0. The molecule has 4 nitrogen and oxygen atoms in total. The fourth-order valence-corrected chi connectivity index (χ4v) is 2.12. The zero-order valence-corrected chi connectivity index (χ0v) is 11.5. The summed E-state index contributed by atoms with van der Waals surface area (Å²) in [6.07, 6.45) is 3.06. The van der Waals surface area contributed by atoms with Crippen molar-refractivity contribution >= 4 is 34.8 Å². The molecule has 2 aromatic rings. The molecule has 6 heteroatoms. The number of pyridine rings is 1. The monoisotopic (exact) mass is 296 g/mol. The lowest BCUT2D eigenvalue weighted by Crippen LogP contribution is -2.13. The van der Waals surface area contributed by atoms with Crippen LogP contribution in [0.3, 0.4) is 0 Å². The Morgan fingerprint density at radius 1 is 1.37 bits per heavy atom. The van der Waals surface area contributed by atoms with Gasteiger partial charge in [-0.25, -0.2) is 0 Å². The number of amides is 1. The van der Waals surface area contributed by atoms with Crippen molar-refractivity contribution in [1.82, 2.24) is 4.98 Å². The number of hydrogen-bond donors (Lipinski definition) is 1. The van der Waals surface area contributed by atoms with Crippen LogP contribution in [0.15, 0.2) is 36.7 Å². The van der Waals surface area contributed by atoms with Crippen molar-refractivity contribution in [2.75, 3.05) is 12.4 Å². The Hall–Kier alpha value is -1.78. The number of ether oxygens (including phenoxy) is 1. The fourth-order valence-electron chi connectivity index (χ4n) is 1.55. The average Bonchev–Trinajstić information content (AvgIpc) is 2.39. The molecule has 1 aromatic heterocycles. The summed E-state index contributed by atoms with van der Waals surface area (Å²) < 4.78 is 5.15. The highest BCUT2D eigenvalue weighted by Crippen LogP contribution is 2.36. The molecule has 0 atom stereocenters. The predicted octanol–water partition coefficient (Wildman–Crippen LogP) is 3.65.